The number of carbonyl (C=O) groups is 1. The van der Waals surface area contributed by atoms with Crippen LogP contribution in [0, 0.1) is 0 Å². The number of aryl methyl sites for hydroxylation is 1. The number of hydrogen-bond acceptors (Lipinski definition) is 5. The minimum atomic E-state index is -3.48. The molecule has 8 heteroatoms. The normalized spacial score (nSPS) is 20.5. The molecule has 0 aromatic carbocycles. The van der Waals surface area contributed by atoms with Crippen LogP contribution in [-0.2, 0) is 39.6 Å². The topological polar surface area (TPSA) is 81.5 Å². The Bertz CT molecular complexity index is 578. The van der Waals surface area contributed by atoms with Crippen LogP contribution in [0.25, 0.3) is 0 Å². The summed E-state index contributed by atoms with van der Waals surface area (Å²) in [6, 6.07) is -0.826. The summed E-state index contributed by atoms with van der Waals surface area (Å²) < 4.78 is 31.1. The van der Waals surface area contributed by atoms with Gasteiger partial charge in [0, 0.05) is 13.5 Å². The van der Waals surface area contributed by atoms with E-state index in [0.29, 0.717) is 0 Å². The van der Waals surface area contributed by atoms with Crippen LogP contribution in [0.15, 0.2) is 6.33 Å². The van der Waals surface area contributed by atoms with Gasteiger partial charge in [0.25, 0.3) is 0 Å². The molecular formula is C10H15N3O4S. The van der Waals surface area contributed by atoms with Crippen LogP contribution in [0.5, 0.6) is 0 Å². The van der Waals surface area contributed by atoms with Crippen LogP contribution in [0.4, 0.5) is 0 Å². The summed E-state index contributed by atoms with van der Waals surface area (Å²) in [7, 11) is -0.433. The fourth-order valence-electron chi connectivity index (χ4n) is 2.11. The number of sulfonamides is 1. The fraction of sp³-hybridized carbons (Fsp3) is 0.600. The summed E-state index contributed by atoms with van der Waals surface area (Å²) in [5, 5.41) is 0. The summed E-state index contributed by atoms with van der Waals surface area (Å²) >= 11 is 0. The first-order valence-corrected chi connectivity index (χ1v) is 7.23. The molecule has 2 heterocycles. The molecule has 1 unspecified atom stereocenters. The molecule has 0 radical (unpaired) electrons. The standard InChI is InChI=1S/C10H15N3O4S/c1-12-6-11-7-4-8(10(14)17-2)13(5-9(7)12)18(3,15)16/h6,8H,4-5H2,1-3H3. The van der Waals surface area contributed by atoms with Crippen LogP contribution in [0.1, 0.15) is 11.4 Å². The number of methoxy groups -OCH3 is 1. The molecule has 0 saturated heterocycles. The van der Waals surface area contributed by atoms with Gasteiger partial charge in [0.1, 0.15) is 6.04 Å². The molecule has 18 heavy (non-hydrogen) atoms. The summed E-state index contributed by atoms with van der Waals surface area (Å²) in [5.74, 6) is -0.559. The van der Waals surface area contributed by atoms with E-state index in [4.69, 9.17) is 0 Å². The van der Waals surface area contributed by atoms with Crippen molar-refractivity contribution in [2.24, 2.45) is 7.05 Å². The lowest BCUT2D eigenvalue weighted by Crippen LogP contribution is -2.49. The third-order valence-electron chi connectivity index (χ3n) is 3.08. The molecule has 1 atom stereocenters. The highest BCUT2D eigenvalue weighted by Crippen LogP contribution is 2.24. The summed E-state index contributed by atoms with van der Waals surface area (Å²) in [6.45, 7) is 0.143. The van der Waals surface area contributed by atoms with E-state index in [1.807, 2.05) is 0 Å². The van der Waals surface area contributed by atoms with Gasteiger partial charge in [0.2, 0.25) is 10.0 Å². The zero-order chi connectivity index (χ0) is 13.5. The smallest absolute Gasteiger partial charge is 0.324 e. The molecule has 1 aliphatic heterocycles. The van der Waals surface area contributed by atoms with Crippen molar-refractivity contribution < 1.29 is 17.9 Å². The van der Waals surface area contributed by atoms with Crippen molar-refractivity contribution in [3.05, 3.63) is 17.7 Å². The molecule has 0 N–H and O–H groups in total. The van der Waals surface area contributed by atoms with Crippen molar-refractivity contribution in [2.45, 2.75) is 19.0 Å². The first-order chi connectivity index (χ1) is 8.34. The second kappa shape index (κ2) is 4.36. The number of aromatic nitrogens is 2. The summed E-state index contributed by atoms with van der Waals surface area (Å²) in [6.07, 6.45) is 2.95. The maximum Gasteiger partial charge on any atom is 0.324 e. The highest BCUT2D eigenvalue weighted by atomic mass is 32.2. The van der Waals surface area contributed by atoms with Gasteiger partial charge in [-0.25, -0.2) is 13.4 Å². The number of ether oxygens (including phenoxy) is 1. The molecule has 1 aromatic rings. The number of imidazole rings is 1. The lowest BCUT2D eigenvalue weighted by atomic mass is 10.1. The molecular weight excluding hydrogens is 258 g/mol. The molecule has 0 saturated carbocycles. The van der Waals surface area contributed by atoms with Crippen molar-refractivity contribution >= 4 is 16.0 Å². The first kappa shape index (κ1) is 13.0. The Morgan fingerprint density at radius 2 is 2.22 bits per heavy atom. The first-order valence-electron chi connectivity index (χ1n) is 5.38. The maximum absolute atomic E-state index is 11.7. The monoisotopic (exact) mass is 273 g/mol. The fourth-order valence-corrected chi connectivity index (χ4v) is 3.09. The maximum atomic E-state index is 11.7. The van der Waals surface area contributed by atoms with E-state index in [9.17, 15) is 13.2 Å². The number of nitrogens with zero attached hydrogens (tertiary/aromatic N) is 3. The van der Waals surface area contributed by atoms with Gasteiger partial charge in [0.15, 0.2) is 0 Å². The van der Waals surface area contributed by atoms with Gasteiger partial charge in [-0.15, -0.1) is 0 Å². The third-order valence-corrected chi connectivity index (χ3v) is 4.32. The second-order valence-electron chi connectivity index (χ2n) is 4.30. The van der Waals surface area contributed by atoms with Gasteiger partial charge in [-0.2, -0.15) is 4.31 Å². The number of rotatable bonds is 2. The average molecular weight is 273 g/mol. The van der Waals surface area contributed by atoms with Crippen LogP contribution in [0.2, 0.25) is 0 Å². The number of hydrogen-bond donors (Lipinski definition) is 0. The van der Waals surface area contributed by atoms with Gasteiger partial charge in [-0.05, 0) is 0 Å². The molecule has 0 aliphatic carbocycles. The Morgan fingerprint density at radius 1 is 1.56 bits per heavy atom. The van der Waals surface area contributed by atoms with E-state index in [-0.39, 0.29) is 13.0 Å². The van der Waals surface area contributed by atoms with Gasteiger partial charge in [-0.1, -0.05) is 0 Å². The third kappa shape index (κ3) is 2.13. The van der Waals surface area contributed by atoms with Gasteiger partial charge < -0.3 is 9.30 Å². The minimum absolute atomic E-state index is 0.143. The lowest BCUT2D eigenvalue weighted by Gasteiger charge is -2.31. The molecule has 1 aliphatic rings. The Labute approximate surface area is 105 Å². The molecule has 0 bridgehead atoms. The molecule has 100 valence electrons. The van der Waals surface area contributed by atoms with E-state index >= 15 is 0 Å². The van der Waals surface area contributed by atoms with E-state index in [1.165, 1.54) is 7.11 Å². The van der Waals surface area contributed by atoms with Crippen molar-refractivity contribution in [3.63, 3.8) is 0 Å². The van der Waals surface area contributed by atoms with Crippen LogP contribution < -0.4 is 0 Å². The Morgan fingerprint density at radius 3 is 2.78 bits per heavy atom. The summed E-state index contributed by atoms with van der Waals surface area (Å²) in [4.78, 5) is 15.9. The number of fused-ring (bicyclic) bond motifs is 1. The minimum Gasteiger partial charge on any atom is -0.468 e. The van der Waals surface area contributed by atoms with Gasteiger partial charge in [0.05, 0.1) is 37.6 Å². The Hall–Kier alpha value is -1.41. The average Bonchev–Trinajstić information content (AvgIpc) is 2.67. The lowest BCUT2D eigenvalue weighted by molar-refractivity contribution is -0.145. The van der Waals surface area contributed by atoms with Gasteiger partial charge >= 0.3 is 5.97 Å². The SMILES string of the molecule is COC(=O)C1Cc2ncn(C)c2CN1S(C)(=O)=O. The molecule has 0 spiro atoms. The second-order valence-corrected chi connectivity index (χ2v) is 6.24. The molecule has 2 rings (SSSR count). The zero-order valence-electron chi connectivity index (χ0n) is 10.5. The van der Waals surface area contributed by atoms with Crippen LogP contribution in [0.3, 0.4) is 0 Å². The molecule has 1 aromatic heterocycles. The molecule has 7 nitrogen and oxygen atoms in total. The predicted molar refractivity (Wildman–Crippen MR) is 63.1 cm³/mol. The van der Waals surface area contributed by atoms with Crippen molar-refractivity contribution in [3.8, 4) is 0 Å². The predicted octanol–water partition coefficient (Wildman–Crippen LogP) is -0.721. The van der Waals surface area contributed by atoms with E-state index < -0.39 is 22.0 Å². The van der Waals surface area contributed by atoms with Crippen molar-refractivity contribution in [1.82, 2.24) is 13.9 Å². The molecule has 0 amide bonds. The largest absolute Gasteiger partial charge is 0.468 e. The van der Waals surface area contributed by atoms with Crippen LogP contribution >= 0.6 is 0 Å². The number of carbonyl (C=O) groups excluding carboxylic acids is 1. The van der Waals surface area contributed by atoms with E-state index in [2.05, 4.69) is 9.72 Å². The highest BCUT2D eigenvalue weighted by Gasteiger charge is 2.39. The number of esters is 1. The Balaban J connectivity index is 2.44. The highest BCUT2D eigenvalue weighted by molar-refractivity contribution is 7.88. The van der Waals surface area contributed by atoms with Crippen molar-refractivity contribution in [2.75, 3.05) is 13.4 Å². The Kier molecular flexibility index (Phi) is 3.16. The molecule has 0 fully saturated rings. The van der Waals surface area contributed by atoms with E-state index in [0.717, 1.165) is 21.9 Å². The zero-order valence-corrected chi connectivity index (χ0v) is 11.3. The van der Waals surface area contributed by atoms with E-state index in [1.54, 1.807) is 17.9 Å². The summed E-state index contributed by atoms with van der Waals surface area (Å²) in [5.41, 5.74) is 1.55. The van der Waals surface area contributed by atoms with Crippen molar-refractivity contribution in [1.29, 1.82) is 0 Å². The quantitative estimate of drug-likeness (QED) is 0.664. The van der Waals surface area contributed by atoms with Gasteiger partial charge in [-0.3, -0.25) is 4.79 Å². The van der Waals surface area contributed by atoms with Crippen LogP contribution in [-0.4, -0.2) is 47.7 Å².